The van der Waals surface area contributed by atoms with Gasteiger partial charge >= 0.3 is 5.69 Å². The SMILES string of the molecule is O=C([C@@H]1CCCO1)N1CCC(n2c(=O)[nH]c3ccccc32)CC1. The molecule has 2 fully saturated rings. The fourth-order valence-corrected chi connectivity index (χ4v) is 3.76. The number of amides is 1. The highest BCUT2D eigenvalue weighted by Crippen LogP contribution is 2.26. The first-order chi connectivity index (χ1) is 11.2. The van der Waals surface area contributed by atoms with Gasteiger partial charge in [0.05, 0.1) is 11.0 Å². The summed E-state index contributed by atoms with van der Waals surface area (Å²) in [6.07, 6.45) is 3.17. The van der Waals surface area contributed by atoms with Crippen molar-refractivity contribution in [1.29, 1.82) is 0 Å². The molecule has 2 aliphatic heterocycles. The predicted octanol–water partition coefficient (Wildman–Crippen LogP) is 1.67. The van der Waals surface area contributed by atoms with Crippen LogP contribution in [0.15, 0.2) is 29.1 Å². The molecule has 1 N–H and O–H groups in total. The molecule has 3 heterocycles. The van der Waals surface area contributed by atoms with E-state index in [2.05, 4.69) is 4.98 Å². The van der Waals surface area contributed by atoms with E-state index in [4.69, 9.17) is 4.74 Å². The Balaban J connectivity index is 1.49. The number of nitrogens with one attached hydrogen (secondary N) is 1. The number of imidazole rings is 1. The Morgan fingerprint density at radius 2 is 1.96 bits per heavy atom. The minimum Gasteiger partial charge on any atom is -0.368 e. The van der Waals surface area contributed by atoms with Gasteiger partial charge in [-0.15, -0.1) is 0 Å². The highest BCUT2D eigenvalue weighted by molar-refractivity contribution is 5.81. The summed E-state index contributed by atoms with van der Waals surface area (Å²) in [5.74, 6) is 0.118. The molecule has 1 atom stereocenters. The molecule has 2 saturated heterocycles. The highest BCUT2D eigenvalue weighted by atomic mass is 16.5. The normalized spacial score (nSPS) is 22.8. The van der Waals surface area contributed by atoms with Crippen LogP contribution in [0, 0.1) is 0 Å². The number of hydrogen-bond donors (Lipinski definition) is 1. The predicted molar refractivity (Wildman–Crippen MR) is 86.4 cm³/mol. The summed E-state index contributed by atoms with van der Waals surface area (Å²) < 4.78 is 7.34. The Kier molecular flexibility index (Phi) is 3.69. The van der Waals surface area contributed by atoms with Crippen LogP contribution in [0.3, 0.4) is 0 Å². The first-order valence-corrected chi connectivity index (χ1v) is 8.33. The molecule has 1 amide bonds. The summed E-state index contributed by atoms with van der Waals surface area (Å²) in [6, 6.07) is 7.90. The van der Waals surface area contributed by atoms with Crippen molar-refractivity contribution in [3.63, 3.8) is 0 Å². The molecule has 6 heteroatoms. The summed E-state index contributed by atoms with van der Waals surface area (Å²) in [5, 5.41) is 0. The zero-order chi connectivity index (χ0) is 15.8. The highest BCUT2D eigenvalue weighted by Gasteiger charge is 2.31. The van der Waals surface area contributed by atoms with Gasteiger partial charge in [0.1, 0.15) is 6.10 Å². The number of aromatic nitrogens is 2. The van der Waals surface area contributed by atoms with Crippen molar-refractivity contribution in [2.24, 2.45) is 0 Å². The molecule has 4 rings (SSSR count). The van der Waals surface area contributed by atoms with E-state index in [0.29, 0.717) is 19.7 Å². The fourth-order valence-electron chi connectivity index (χ4n) is 3.76. The summed E-state index contributed by atoms with van der Waals surface area (Å²) in [6.45, 7) is 2.07. The van der Waals surface area contributed by atoms with E-state index < -0.39 is 0 Å². The summed E-state index contributed by atoms with van der Waals surface area (Å²) in [5.41, 5.74) is 1.76. The maximum atomic E-state index is 12.4. The van der Waals surface area contributed by atoms with Crippen LogP contribution in [0.4, 0.5) is 0 Å². The fraction of sp³-hybridized carbons (Fsp3) is 0.529. The number of benzene rings is 1. The number of para-hydroxylation sites is 2. The smallest absolute Gasteiger partial charge is 0.326 e. The summed E-state index contributed by atoms with van der Waals surface area (Å²) in [7, 11) is 0. The van der Waals surface area contributed by atoms with Gasteiger partial charge < -0.3 is 14.6 Å². The van der Waals surface area contributed by atoms with E-state index in [1.54, 1.807) is 0 Å². The van der Waals surface area contributed by atoms with Crippen LogP contribution in [0.25, 0.3) is 11.0 Å². The van der Waals surface area contributed by atoms with Gasteiger partial charge in [-0.3, -0.25) is 9.36 Å². The van der Waals surface area contributed by atoms with Crippen molar-refractivity contribution in [2.75, 3.05) is 19.7 Å². The van der Waals surface area contributed by atoms with Crippen molar-refractivity contribution in [1.82, 2.24) is 14.5 Å². The van der Waals surface area contributed by atoms with E-state index in [9.17, 15) is 9.59 Å². The van der Waals surface area contributed by atoms with E-state index in [1.807, 2.05) is 33.7 Å². The molecule has 122 valence electrons. The van der Waals surface area contributed by atoms with Crippen LogP contribution in [0.1, 0.15) is 31.7 Å². The molecule has 0 radical (unpaired) electrons. The number of carbonyl (C=O) groups excluding carboxylic acids is 1. The van der Waals surface area contributed by atoms with Gasteiger partial charge in [-0.05, 0) is 37.8 Å². The lowest BCUT2D eigenvalue weighted by Gasteiger charge is -2.33. The van der Waals surface area contributed by atoms with Crippen molar-refractivity contribution < 1.29 is 9.53 Å². The van der Waals surface area contributed by atoms with Gasteiger partial charge in [0, 0.05) is 25.7 Å². The molecule has 23 heavy (non-hydrogen) atoms. The molecular weight excluding hydrogens is 294 g/mol. The van der Waals surface area contributed by atoms with Crippen molar-refractivity contribution in [3.05, 3.63) is 34.7 Å². The third-order valence-electron chi connectivity index (χ3n) is 4.97. The van der Waals surface area contributed by atoms with Crippen molar-refractivity contribution in [3.8, 4) is 0 Å². The number of ether oxygens (including phenoxy) is 1. The maximum Gasteiger partial charge on any atom is 0.326 e. The van der Waals surface area contributed by atoms with Crippen LogP contribution in [0.5, 0.6) is 0 Å². The number of aromatic amines is 1. The third-order valence-corrected chi connectivity index (χ3v) is 4.97. The number of piperidine rings is 1. The van der Waals surface area contributed by atoms with E-state index in [0.717, 1.165) is 36.7 Å². The lowest BCUT2D eigenvalue weighted by atomic mass is 10.0. The number of H-pyrrole nitrogens is 1. The van der Waals surface area contributed by atoms with E-state index >= 15 is 0 Å². The number of nitrogens with zero attached hydrogens (tertiary/aromatic N) is 2. The van der Waals surface area contributed by atoms with Crippen LogP contribution in [-0.4, -0.2) is 46.2 Å². The van der Waals surface area contributed by atoms with Crippen molar-refractivity contribution in [2.45, 2.75) is 37.8 Å². The van der Waals surface area contributed by atoms with Gasteiger partial charge in [-0.2, -0.15) is 0 Å². The lowest BCUT2D eigenvalue weighted by molar-refractivity contribution is -0.142. The maximum absolute atomic E-state index is 12.4. The Morgan fingerprint density at radius 1 is 1.17 bits per heavy atom. The van der Waals surface area contributed by atoms with Gasteiger partial charge in [-0.1, -0.05) is 12.1 Å². The van der Waals surface area contributed by atoms with Crippen LogP contribution in [0.2, 0.25) is 0 Å². The second-order valence-electron chi connectivity index (χ2n) is 6.38. The largest absolute Gasteiger partial charge is 0.368 e. The molecule has 1 aromatic heterocycles. The molecule has 0 bridgehead atoms. The minimum atomic E-state index is -0.248. The van der Waals surface area contributed by atoms with Gasteiger partial charge in [-0.25, -0.2) is 4.79 Å². The standard InChI is InChI=1S/C17H21N3O3/c21-16(15-6-3-11-23-15)19-9-7-12(8-10-19)20-14-5-2-1-4-13(14)18-17(20)22/h1-2,4-5,12,15H,3,6-11H2,(H,18,22)/t15-/m0/s1. The van der Waals surface area contributed by atoms with E-state index in [-0.39, 0.29) is 23.7 Å². The number of rotatable bonds is 2. The molecule has 1 aromatic carbocycles. The Morgan fingerprint density at radius 3 is 2.70 bits per heavy atom. The van der Waals surface area contributed by atoms with Crippen LogP contribution in [-0.2, 0) is 9.53 Å². The topological polar surface area (TPSA) is 67.3 Å². The first kappa shape index (κ1) is 14.5. The van der Waals surface area contributed by atoms with Gasteiger partial charge in [0.25, 0.3) is 5.91 Å². The van der Waals surface area contributed by atoms with Crippen molar-refractivity contribution >= 4 is 16.9 Å². The molecule has 2 aromatic rings. The average molecular weight is 315 g/mol. The molecule has 0 saturated carbocycles. The zero-order valence-electron chi connectivity index (χ0n) is 13.0. The van der Waals surface area contributed by atoms with Gasteiger partial charge in [0.2, 0.25) is 0 Å². The second kappa shape index (κ2) is 5.85. The number of hydrogen-bond acceptors (Lipinski definition) is 3. The quantitative estimate of drug-likeness (QED) is 0.917. The Hall–Kier alpha value is -2.08. The molecular formula is C17H21N3O3. The second-order valence-corrected chi connectivity index (χ2v) is 6.38. The summed E-state index contributed by atoms with van der Waals surface area (Å²) >= 11 is 0. The molecule has 2 aliphatic rings. The summed E-state index contributed by atoms with van der Waals surface area (Å²) in [4.78, 5) is 29.5. The lowest BCUT2D eigenvalue weighted by Crippen LogP contribution is -2.44. The number of carbonyl (C=O) groups is 1. The monoisotopic (exact) mass is 315 g/mol. The number of fused-ring (bicyclic) bond motifs is 1. The van der Waals surface area contributed by atoms with Gasteiger partial charge in [0.15, 0.2) is 0 Å². The van der Waals surface area contributed by atoms with Crippen LogP contribution >= 0.6 is 0 Å². The first-order valence-electron chi connectivity index (χ1n) is 8.33. The molecule has 0 aliphatic carbocycles. The third kappa shape index (κ3) is 2.57. The average Bonchev–Trinajstić information content (AvgIpc) is 3.21. The number of likely N-dealkylation sites (tertiary alicyclic amines) is 1. The van der Waals surface area contributed by atoms with E-state index in [1.165, 1.54) is 0 Å². The Bertz CT molecular complexity index is 765. The molecule has 0 spiro atoms. The minimum absolute atomic E-state index is 0.0601. The molecule has 6 nitrogen and oxygen atoms in total. The molecule has 0 unspecified atom stereocenters. The zero-order valence-corrected chi connectivity index (χ0v) is 13.0. The Labute approximate surface area is 134 Å². The van der Waals surface area contributed by atoms with Crippen LogP contribution < -0.4 is 5.69 Å².